The fraction of sp³-hybridized carbons (Fsp3) is 0.286. The average Bonchev–Trinajstić information content (AvgIpc) is 2.71. The van der Waals surface area contributed by atoms with Crippen LogP contribution in [-0.2, 0) is 13.7 Å². The minimum Gasteiger partial charge on any atom is -0.388 e. The van der Waals surface area contributed by atoms with Gasteiger partial charge in [-0.3, -0.25) is 0 Å². The van der Waals surface area contributed by atoms with E-state index in [0.717, 1.165) is 0 Å². The van der Waals surface area contributed by atoms with Gasteiger partial charge in [0.2, 0.25) is 0 Å². The molecule has 0 amide bonds. The highest BCUT2D eigenvalue weighted by Crippen LogP contribution is 2.15. The first kappa shape index (κ1) is 7.93. The van der Waals surface area contributed by atoms with Crippen LogP contribution in [0.3, 0.4) is 0 Å². The largest absolute Gasteiger partial charge is 0.388 e. The normalized spacial score (nSPS) is 10.6. The molecule has 0 aliphatic carbocycles. The van der Waals surface area contributed by atoms with E-state index in [1.807, 2.05) is 0 Å². The zero-order chi connectivity index (χ0) is 9.26. The molecule has 2 rings (SSSR count). The van der Waals surface area contributed by atoms with Crippen LogP contribution in [0.25, 0.3) is 11.4 Å². The lowest BCUT2D eigenvalue weighted by atomic mass is 10.3. The maximum Gasteiger partial charge on any atom is 0.162 e. The fourth-order valence-electron chi connectivity index (χ4n) is 0.971. The van der Waals surface area contributed by atoms with Gasteiger partial charge in [0.05, 0.1) is 6.20 Å². The SMILES string of the molecule is Cn1ncc(-c2cc(CO)on2)n1. The lowest BCUT2D eigenvalue weighted by Crippen LogP contribution is -1.91. The summed E-state index contributed by atoms with van der Waals surface area (Å²) in [5.74, 6) is 0.417. The van der Waals surface area contributed by atoms with Crippen LogP contribution in [-0.4, -0.2) is 25.3 Å². The predicted octanol–water partition coefficient (Wildman–Crippen LogP) is -0.0376. The van der Waals surface area contributed by atoms with Crippen LogP contribution >= 0.6 is 0 Å². The number of rotatable bonds is 2. The molecule has 0 saturated heterocycles. The molecule has 2 aromatic rings. The Morgan fingerprint density at radius 3 is 2.92 bits per heavy atom. The van der Waals surface area contributed by atoms with E-state index in [9.17, 15) is 0 Å². The Morgan fingerprint density at radius 2 is 2.38 bits per heavy atom. The van der Waals surface area contributed by atoms with Crippen LogP contribution in [0, 0.1) is 0 Å². The first-order valence-electron chi connectivity index (χ1n) is 3.73. The monoisotopic (exact) mass is 180 g/mol. The van der Waals surface area contributed by atoms with Crippen molar-refractivity contribution < 1.29 is 9.63 Å². The van der Waals surface area contributed by atoms with Gasteiger partial charge in [0.15, 0.2) is 5.76 Å². The van der Waals surface area contributed by atoms with Crippen molar-refractivity contribution in [2.24, 2.45) is 7.05 Å². The summed E-state index contributed by atoms with van der Waals surface area (Å²) in [4.78, 5) is 1.43. The molecule has 0 aliphatic rings. The summed E-state index contributed by atoms with van der Waals surface area (Å²) in [5.41, 5.74) is 1.21. The summed E-state index contributed by atoms with van der Waals surface area (Å²) >= 11 is 0. The molecule has 6 nitrogen and oxygen atoms in total. The fourth-order valence-corrected chi connectivity index (χ4v) is 0.971. The number of aliphatic hydroxyl groups is 1. The van der Waals surface area contributed by atoms with E-state index in [-0.39, 0.29) is 6.61 Å². The molecule has 13 heavy (non-hydrogen) atoms. The molecule has 0 fully saturated rings. The Bertz CT molecular complexity index is 406. The van der Waals surface area contributed by atoms with Crippen molar-refractivity contribution in [2.75, 3.05) is 0 Å². The van der Waals surface area contributed by atoms with Gasteiger partial charge < -0.3 is 9.63 Å². The van der Waals surface area contributed by atoms with Gasteiger partial charge in [0.1, 0.15) is 18.0 Å². The van der Waals surface area contributed by atoms with Gasteiger partial charge in [-0.25, -0.2) is 0 Å². The Labute approximate surface area is 73.8 Å². The highest BCUT2D eigenvalue weighted by atomic mass is 16.5. The summed E-state index contributed by atoms with van der Waals surface area (Å²) in [6.07, 6.45) is 1.58. The summed E-state index contributed by atoms with van der Waals surface area (Å²) < 4.78 is 4.80. The van der Waals surface area contributed by atoms with Gasteiger partial charge in [-0.2, -0.15) is 15.0 Å². The zero-order valence-electron chi connectivity index (χ0n) is 7.01. The number of aryl methyl sites for hydroxylation is 1. The highest BCUT2D eigenvalue weighted by molar-refractivity contribution is 5.51. The number of hydrogen-bond acceptors (Lipinski definition) is 5. The molecule has 0 unspecified atom stereocenters. The highest BCUT2D eigenvalue weighted by Gasteiger charge is 2.08. The summed E-state index contributed by atoms with van der Waals surface area (Å²) in [7, 11) is 1.72. The number of hydrogen-bond donors (Lipinski definition) is 1. The second kappa shape index (κ2) is 2.98. The van der Waals surface area contributed by atoms with Crippen molar-refractivity contribution in [1.29, 1.82) is 0 Å². The third-order valence-electron chi connectivity index (χ3n) is 1.58. The van der Waals surface area contributed by atoms with Crippen molar-refractivity contribution in [3.63, 3.8) is 0 Å². The van der Waals surface area contributed by atoms with E-state index in [1.54, 1.807) is 19.3 Å². The number of nitrogens with zero attached hydrogens (tertiary/aromatic N) is 4. The molecule has 0 aliphatic heterocycles. The van der Waals surface area contributed by atoms with Crippen LogP contribution in [0.4, 0.5) is 0 Å². The molecular weight excluding hydrogens is 172 g/mol. The first-order chi connectivity index (χ1) is 6.29. The van der Waals surface area contributed by atoms with Gasteiger partial charge in [0, 0.05) is 13.1 Å². The third-order valence-corrected chi connectivity index (χ3v) is 1.58. The quantitative estimate of drug-likeness (QED) is 0.701. The molecule has 2 aromatic heterocycles. The van der Waals surface area contributed by atoms with Crippen molar-refractivity contribution in [2.45, 2.75) is 6.61 Å². The summed E-state index contributed by atoms with van der Waals surface area (Å²) in [6, 6.07) is 1.63. The minimum absolute atomic E-state index is 0.159. The third kappa shape index (κ3) is 1.43. The molecule has 0 bridgehead atoms. The van der Waals surface area contributed by atoms with Gasteiger partial charge >= 0.3 is 0 Å². The van der Waals surface area contributed by atoms with Crippen LogP contribution in [0.1, 0.15) is 5.76 Å². The van der Waals surface area contributed by atoms with E-state index >= 15 is 0 Å². The maximum absolute atomic E-state index is 8.73. The zero-order valence-corrected chi connectivity index (χ0v) is 7.01. The Morgan fingerprint density at radius 1 is 1.54 bits per heavy atom. The predicted molar refractivity (Wildman–Crippen MR) is 42.4 cm³/mol. The number of aliphatic hydroxyl groups excluding tert-OH is 1. The Hall–Kier alpha value is -1.69. The smallest absolute Gasteiger partial charge is 0.162 e. The lowest BCUT2D eigenvalue weighted by molar-refractivity contribution is 0.229. The second-order valence-corrected chi connectivity index (χ2v) is 2.56. The van der Waals surface area contributed by atoms with E-state index in [2.05, 4.69) is 15.4 Å². The topological polar surface area (TPSA) is 77.0 Å². The van der Waals surface area contributed by atoms with Crippen LogP contribution < -0.4 is 0 Å². The van der Waals surface area contributed by atoms with E-state index < -0.39 is 0 Å². The first-order valence-corrected chi connectivity index (χ1v) is 3.73. The molecule has 6 heteroatoms. The van der Waals surface area contributed by atoms with Crippen LogP contribution in [0.15, 0.2) is 16.8 Å². The van der Waals surface area contributed by atoms with E-state index in [1.165, 1.54) is 4.80 Å². The van der Waals surface area contributed by atoms with E-state index in [0.29, 0.717) is 17.1 Å². The molecule has 0 spiro atoms. The van der Waals surface area contributed by atoms with E-state index in [4.69, 9.17) is 9.63 Å². The Balaban J connectivity index is 2.35. The molecule has 0 radical (unpaired) electrons. The maximum atomic E-state index is 8.73. The second-order valence-electron chi connectivity index (χ2n) is 2.56. The van der Waals surface area contributed by atoms with Gasteiger partial charge in [-0.05, 0) is 0 Å². The minimum atomic E-state index is -0.159. The average molecular weight is 180 g/mol. The molecule has 2 heterocycles. The summed E-state index contributed by atoms with van der Waals surface area (Å²) in [5, 5.41) is 20.4. The Kier molecular flexibility index (Phi) is 1.82. The van der Waals surface area contributed by atoms with Gasteiger partial charge in [0.25, 0.3) is 0 Å². The molecule has 68 valence electrons. The number of aromatic nitrogens is 4. The molecule has 1 N–H and O–H groups in total. The van der Waals surface area contributed by atoms with Gasteiger partial charge in [-0.1, -0.05) is 5.16 Å². The standard InChI is InChI=1S/C7H8N4O2/c1-11-8-3-7(9-11)6-2-5(4-12)13-10-6/h2-3,12H,4H2,1H3. The molecule has 0 atom stereocenters. The molecule has 0 aromatic carbocycles. The van der Waals surface area contributed by atoms with Crippen LogP contribution in [0.5, 0.6) is 0 Å². The van der Waals surface area contributed by atoms with Crippen molar-refractivity contribution in [3.8, 4) is 11.4 Å². The van der Waals surface area contributed by atoms with Gasteiger partial charge in [-0.15, -0.1) is 0 Å². The van der Waals surface area contributed by atoms with Crippen molar-refractivity contribution >= 4 is 0 Å². The van der Waals surface area contributed by atoms with Crippen molar-refractivity contribution in [3.05, 3.63) is 18.0 Å². The molecule has 0 saturated carbocycles. The van der Waals surface area contributed by atoms with Crippen LogP contribution in [0.2, 0.25) is 0 Å². The molecular formula is C7H8N4O2. The van der Waals surface area contributed by atoms with Crippen molar-refractivity contribution in [1.82, 2.24) is 20.2 Å². The lowest BCUT2D eigenvalue weighted by Gasteiger charge is -1.82. The summed E-state index contributed by atoms with van der Waals surface area (Å²) in [6.45, 7) is -0.159.